The molecule has 0 saturated heterocycles. The summed E-state index contributed by atoms with van der Waals surface area (Å²) in [5, 5.41) is 3.64. The molecule has 112 valence electrons. The molecule has 0 radical (unpaired) electrons. The van der Waals surface area contributed by atoms with Gasteiger partial charge in [0.05, 0.1) is 0 Å². The van der Waals surface area contributed by atoms with Gasteiger partial charge in [0.15, 0.2) is 5.13 Å². The van der Waals surface area contributed by atoms with Crippen LogP contribution in [0.1, 0.15) is 23.5 Å². The molecule has 1 aromatic heterocycles. The van der Waals surface area contributed by atoms with E-state index >= 15 is 0 Å². The molecule has 1 heterocycles. The third-order valence-electron chi connectivity index (χ3n) is 2.67. The first-order chi connectivity index (χ1) is 9.40. The summed E-state index contributed by atoms with van der Waals surface area (Å²) in [5.74, 6) is -0.191. The van der Waals surface area contributed by atoms with E-state index in [9.17, 15) is 9.59 Å². The first kappa shape index (κ1) is 16.2. The molecule has 0 fully saturated rings. The summed E-state index contributed by atoms with van der Waals surface area (Å²) in [7, 11) is 3.32. The van der Waals surface area contributed by atoms with Crippen molar-refractivity contribution in [3.8, 4) is 0 Å². The number of aromatic nitrogens is 1. The van der Waals surface area contributed by atoms with Gasteiger partial charge in [-0.1, -0.05) is 11.3 Å². The number of nitrogens with one attached hydrogen (secondary N) is 1. The van der Waals surface area contributed by atoms with Crippen LogP contribution in [0.5, 0.6) is 0 Å². The second-order valence-electron chi connectivity index (χ2n) is 4.37. The van der Waals surface area contributed by atoms with Gasteiger partial charge in [-0.3, -0.25) is 9.59 Å². The monoisotopic (exact) mass is 299 g/mol. The summed E-state index contributed by atoms with van der Waals surface area (Å²) in [6, 6.07) is 0. The van der Waals surface area contributed by atoms with E-state index in [0.29, 0.717) is 23.1 Å². The van der Waals surface area contributed by atoms with E-state index in [0.717, 1.165) is 0 Å². The van der Waals surface area contributed by atoms with Crippen molar-refractivity contribution in [1.29, 1.82) is 0 Å². The minimum Gasteiger partial charge on any atom is -0.382 e. The van der Waals surface area contributed by atoms with Crippen LogP contribution in [0.2, 0.25) is 0 Å². The topological polar surface area (TPSA) is 91.6 Å². The van der Waals surface area contributed by atoms with Gasteiger partial charge in [0.1, 0.15) is 17.2 Å². The lowest BCUT2D eigenvalue weighted by Crippen LogP contribution is -2.40. The molecule has 0 unspecified atom stereocenters. The Labute approximate surface area is 122 Å². The summed E-state index contributed by atoms with van der Waals surface area (Å²) in [6.45, 7) is 4.94. The Bertz CT molecular complexity index is 486. The predicted molar refractivity (Wildman–Crippen MR) is 81.0 cm³/mol. The molecule has 0 aliphatic rings. The van der Waals surface area contributed by atoms with E-state index in [-0.39, 0.29) is 24.2 Å². The fraction of sp³-hybridized carbons (Fsp3) is 0.583. The number of nitrogens with zero attached hydrogens (tertiary/aromatic N) is 3. The lowest BCUT2D eigenvalue weighted by molar-refractivity contribution is -0.129. The van der Waals surface area contributed by atoms with Gasteiger partial charge in [0.2, 0.25) is 5.91 Å². The Balaban J connectivity index is 2.88. The molecule has 2 amide bonds. The lowest BCUT2D eigenvalue weighted by Gasteiger charge is -2.21. The zero-order chi connectivity index (χ0) is 15.3. The molecule has 0 aliphatic heterocycles. The summed E-state index contributed by atoms with van der Waals surface area (Å²) in [4.78, 5) is 31.5. The zero-order valence-corrected chi connectivity index (χ0v) is 13.1. The number of hydrogen-bond donors (Lipinski definition) is 2. The van der Waals surface area contributed by atoms with Gasteiger partial charge in [-0.15, -0.1) is 0 Å². The van der Waals surface area contributed by atoms with Crippen LogP contribution >= 0.6 is 11.3 Å². The van der Waals surface area contributed by atoms with E-state index < -0.39 is 0 Å². The minimum atomic E-state index is -0.262. The molecule has 0 atom stereocenters. The van der Waals surface area contributed by atoms with Crippen molar-refractivity contribution in [1.82, 2.24) is 14.8 Å². The number of likely N-dealkylation sites (N-methyl/N-ethyl adjacent to an activating group) is 2. The number of carbonyl (C=O) groups is 2. The van der Waals surface area contributed by atoms with Gasteiger partial charge < -0.3 is 20.9 Å². The molecular formula is C12H21N5O2S. The molecule has 20 heavy (non-hydrogen) atoms. The molecule has 1 rings (SSSR count). The Morgan fingerprint density at radius 1 is 1.35 bits per heavy atom. The first-order valence-electron chi connectivity index (χ1n) is 6.40. The Morgan fingerprint density at radius 2 is 2.00 bits per heavy atom. The quantitative estimate of drug-likeness (QED) is 0.807. The lowest BCUT2D eigenvalue weighted by atomic mass is 10.3. The maximum absolute atomic E-state index is 12.4. The first-order valence-corrected chi connectivity index (χ1v) is 7.21. The SMILES string of the molecule is CCNc1nc(N)c(C(=O)N(CC)CC(=O)N(C)C)s1. The van der Waals surface area contributed by atoms with Crippen LogP contribution in [0.15, 0.2) is 0 Å². The number of amides is 2. The van der Waals surface area contributed by atoms with Crippen LogP contribution in [0.4, 0.5) is 10.9 Å². The molecule has 3 N–H and O–H groups in total. The van der Waals surface area contributed by atoms with E-state index in [1.54, 1.807) is 14.1 Å². The molecule has 8 heteroatoms. The third kappa shape index (κ3) is 3.83. The highest BCUT2D eigenvalue weighted by Gasteiger charge is 2.23. The summed E-state index contributed by atoms with van der Waals surface area (Å²) < 4.78 is 0. The molecule has 0 spiro atoms. The fourth-order valence-corrected chi connectivity index (χ4v) is 2.41. The zero-order valence-electron chi connectivity index (χ0n) is 12.3. The van der Waals surface area contributed by atoms with Crippen molar-refractivity contribution in [3.05, 3.63) is 4.88 Å². The second kappa shape index (κ2) is 7.09. The largest absolute Gasteiger partial charge is 0.382 e. The normalized spacial score (nSPS) is 10.2. The Hall–Kier alpha value is -1.83. The van der Waals surface area contributed by atoms with Gasteiger partial charge in [-0.25, -0.2) is 4.98 Å². The summed E-state index contributed by atoms with van der Waals surface area (Å²) >= 11 is 1.21. The molecule has 0 bridgehead atoms. The van der Waals surface area contributed by atoms with Gasteiger partial charge in [0.25, 0.3) is 5.91 Å². The number of carbonyl (C=O) groups excluding carboxylic acids is 2. The van der Waals surface area contributed by atoms with E-state index in [2.05, 4.69) is 10.3 Å². The van der Waals surface area contributed by atoms with Crippen molar-refractivity contribution >= 4 is 34.1 Å². The smallest absolute Gasteiger partial charge is 0.268 e. The van der Waals surface area contributed by atoms with Gasteiger partial charge in [-0.2, -0.15) is 0 Å². The standard InChI is InChI=1S/C12H21N5O2S/c1-5-14-12-15-10(13)9(20-12)11(19)17(6-2)7-8(18)16(3)4/h5-7,13H2,1-4H3,(H,14,15). The van der Waals surface area contributed by atoms with Gasteiger partial charge in [0, 0.05) is 27.2 Å². The molecule has 1 aromatic rings. The summed E-state index contributed by atoms with van der Waals surface area (Å²) in [6.07, 6.45) is 0. The number of thiazole rings is 1. The maximum atomic E-state index is 12.4. The average Bonchev–Trinajstić information content (AvgIpc) is 2.76. The molecule has 7 nitrogen and oxygen atoms in total. The highest BCUT2D eigenvalue weighted by atomic mass is 32.1. The van der Waals surface area contributed by atoms with Crippen LogP contribution in [-0.2, 0) is 4.79 Å². The van der Waals surface area contributed by atoms with Crippen molar-refractivity contribution in [2.75, 3.05) is 44.8 Å². The van der Waals surface area contributed by atoms with Crippen LogP contribution in [0.25, 0.3) is 0 Å². The molecule has 0 aromatic carbocycles. The number of rotatable bonds is 6. The maximum Gasteiger partial charge on any atom is 0.268 e. The number of hydrogen-bond acceptors (Lipinski definition) is 6. The van der Waals surface area contributed by atoms with Gasteiger partial charge >= 0.3 is 0 Å². The summed E-state index contributed by atoms with van der Waals surface area (Å²) in [5.41, 5.74) is 5.77. The van der Waals surface area contributed by atoms with Gasteiger partial charge in [-0.05, 0) is 13.8 Å². The highest BCUT2D eigenvalue weighted by molar-refractivity contribution is 7.18. The fourth-order valence-electron chi connectivity index (χ4n) is 1.49. The van der Waals surface area contributed by atoms with Crippen LogP contribution < -0.4 is 11.1 Å². The van der Waals surface area contributed by atoms with Crippen LogP contribution in [0, 0.1) is 0 Å². The van der Waals surface area contributed by atoms with Crippen molar-refractivity contribution in [2.24, 2.45) is 0 Å². The van der Waals surface area contributed by atoms with Crippen molar-refractivity contribution in [2.45, 2.75) is 13.8 Å². The molecule has 0 aliphatic carbocycles. The Kier molecular flexibility index (Phi) is 5.75. The number of anilines is 2. The van der Waals surface area contributed by atoms with Crippen LogP contribution in [0.3, 0.4) is 0 Å². The van der Waals surface area contributed by atoms with E-state index in [1.807, 2.05) is 13.8 Å². The van der Waals surface area contributed by atoms with Crippen LogP contribution in [-0.4, -0.2) is 60.3 Å². The highest BCUT2D eigenvalue weighted by Crippen LogP contribution is 2.26. The minimum absolute atomic E-state index is 0.0379. The predicted octanol–water partition coefficient (Wildman–Crippen LogP) is 0.707. The van der Waals surface area contributed by atoms with Crippen molar-refractivity contribution < 1.29 is 9.59 Å². The Morgan fingerprint density at radius 3 is 2.50 bits per heavy atom. The van der Waals surface area contributed by atoms with Crippen molar-refractivity contribution in [3.63, 3.8) is 0 Å². The number of nitrogens with two attached hydrogens (primary N) is 1. The molecular weight excluding hydrogens is 278 g/mol. The third-order valence-corrected chi connectivity index (χ3v) is 3.69. The van der Waals surface area contributed by atoms with E-state index in [1.165, 1.54) is 21.1 Å². The second-order valence-corrected chi connectivity index (χ2v) is 5.37. The average molecular weight is 299 g/mol. The van der Waals surface area contributed by atoms with E-state index in [4.69, 9.17) is 5.73 Å². The molecule has 0 saturated carbocycles. The number of nitrogen functional groups attached to an aromatic ring is 1.